The molecular weight excluding hydrogens is 456 g/mol. The van der Waals surface area contributed by atoms with Gasteiger partial charge < -0.3 is 0 Å². The van der Waals surface area contributed by atoms with Crippen LogP contribution in [-0.4, -0.2) is 4.98 Å². The summed E-state index contributed by atoms with van der Waals surface area (Å²) in [6.45, 7) is 21.6. The third-order valence-electron chi connectivity index (χ3n) is 6.58. The average Bonchev–Trinajstić information content (AvgIpc) is 3.21. The highest BCUT2D eigenvalue weighted by atomic mass is 32.1. The van der Waals surface area contributed by atoms with E-state index in [2.05, 4.69) is 107 Å². The second-order valence-electron chi connectivity index (χ2n) is 11.9. The van der Waals surface area contributed by atoms with Gasteiger partial charge in [-0.05, 0) is 62.9 Å². The van der Waals surface area contributed by atoms with E-state index in [1.165, 1.54) is 21.9 Å². The molecule has 3 aromatic carbocycles. The van der Waals surface area contributed by atoms with Crippen LogP contribution >= 0.6 is 11.3 Å². The SMILES string of the molecule is [C-]#[N+]c1c(-c2ccc(CC(C)(C)C)cc2)sc2c(-c3cc(C(C)(C)C)c4ccccc4c3)nccc12. The standard InChI is InChI=1S/C33H32N2S/c1-32(2,3)20-21-12-14-22(15-13-21)30-29(34-7)26-16-17-35-28(31(26)36-30)24-18-23-10-8-9-11-25(23)27(19-24)33(4,5)6/h8-19H,20H2,1-6H3. The number of hydrogen-bond acceptors (Lipinski definition) is 2. The van der Waals surface area contributed by atoms with Crippen molar-refractivity contribution in [3.05, 3.63) is 95.5 Å². The number of rotatable bonds is 3. The van der Waals surface area contributed by atoms with E-state index in [0.29, 0.717) is 0 Å². The molecule has 5 rings (SSSR count). The van der Waals surface area contributed by atoms with E-state index < -0.39 is 0 Å². The lowest BCUT2D eigenvalue weighted by molar-refractivity contribution is 0.411. The molecule has 0 aliphatic carbocycles. The van der Waals surface area contributed by atoms with Gasteiger partial charge in [-0.3, -0.25) is 4.98 Å². The first-order valence-electron chi connectivity index (χ1n) is 12.5. The van der Waals surface area contributed by atoms with Gasteiger partial charge in [-0.1, -0.05) is 90.1 Å². The van der Waals surface area contributed by atoms with Gasteiger partial charge in [-0.25, -0.2) is 4.85 Å². The lowest BCUT2D eigenvalue weighted by atomic mass is 9.82. The van der Waals surface area contributed by atoms with Crippen molar-refractivity contribution in [1.82, 2.24) is 4.98 Å². The van der Waals surface area contributed by atoms with Crippen LogP contribution in [-0.2, 0) is 11.8 Å². The minimum atomic E-state index is 0.000588. The number of aromatic nitrogens is 1. The molecular formula is C33H32N2S. The molecule has 0 unspecified atom stereocenters. The molecule has 2 nitrogen and oxygen atoms in total. The zero-order valence-electron chi connectivity index (χ0n) is 21.9. The Morgan fingerprint density at radius 2 is 1.56 bits per heavy atom. The van der Waals surface area contributed by atoms with Crippen LogP contribution in [0.5, 0.6) is 0 Å². The van der Waals surface area contributed by atoms with Crippen molar-refractivity contribution >= 4 is 37.9 Å². The highest BCUT2D eigenvalue weighted by molar-refractivity contribution is 7.23. The topological polar surface area (TPSA) is 17.2 Å². The lowest BCUT2D eigenvalue weighted by Crippen LogP contribution is -2.12. The van der Waals surface area contributed by atoms with E-state index in [0.717, 1.165) is 43.9 Å². The van der Waals surface area contributed by atoms with Crippen molar-refractivity contribution in [2.45, 2.75) is 53.4 Å². The summed E-state index contributed by atoms with van der Waals surface area (Å²) in [6.07, 6.45) is 2.88. The first-order chi connectivity index (χ1) is 17.0. The molecule has 0 atom stereocenters. The number of fused-ring (bicyclic) bond motifs is 2. The Morgan fingerprint density at radius 1 is 0.833 bits per heavy atom. The highest BCUT2D eigenvalue weighted by Crippen LogP contribution is 2.48. The van der Waals surface area contributed by atoms with E-state index >= 15 is 0 Å². The van der Waals surface area contributed by atoms with Crippen molar-refractivity contribution in [2.24, 2.45) is 5.41 Å². The van der Waals surface area contributed by atoms with Gasteiger partial charge in [-0.15, -0.1) is 11.3 Å². The number of benzene rings is 3. The fourth-order valence-corrected chi connectivity index (χ4v) is 6.23. The zero-order chi connectivity index (χ0) is 25.7. The van der Waals surface area contributed by atoms with Gasteiger partial charge >= 0.3 is 0 Å². The van der Waals surface area contributed by atoms with Gasteiger partial charge in [0.05, 0.1) is 12.3 Å². The molecule has 0 fully saturated rings. The molecule has 5 aromatic rings. The molecule has 0 aliphatic rings. The largest absolute Gasteiger partial charge is 0.255 e. The van der Waals surface area contributed by atoms with Crippen LogP contribution in [0.4, 0.5) is 5.69 Å². The molecule has 0 N–H and O–H groups in total. The van der Waals surface area contributed by atoms with E-state index in [1.54, 1.807) is 11.3 Å². The van der Waals surface area contributed by atoms with Gasteiger partial charge in [0.2, 0.25) is 5.69 Å². The Balaban J connectivity index is 1.69. The zero-order valence-corrected chi connectivity index (χ0v) is 22.8. The molecule has 0 saturated heterocycles. The summed E-state index contributed by atoms with van der Waals surface area (Å²) in [5, 5.41) is 3.49. The Morgan fingerprint density at radius 3 is 2.22 bits per heavy atom. The summed E-state index contributed by atoms with van der Waals surface area (Å²) in [6, 6.07) is 23.9. The monoisotopic (exact) mass is 488 g/mol. The summed E-state index contributed by atoms with van der Waals surface area (Å²) in [4.78, 5) is 9.86. The normalized spacial score (nSPS) is 12.2. The van der Waals surface area contributed by atoms with Crippen LogP contribution in [0.3, 0.4) is 0 Å². The van der Waals surface area contributed by atoms with Gasteiger partial charge in [0.1, 0.15) is 0 Å². The van der Waals surface area contributed by atoms with Crippen molar-refractivity contribution in [3.8, 4) is 21.7 Å². The fraction of sp³-hybridized carbons (Fsp3) is 0.273. The molecule has 2 heterocycles. The molecule has 0 bridgehead atoms. The first kappa shape index (κ1) is 24.2. The van der Waals surface area contributed by atoms with Crippen molar-refractivity contribution in [3.63, 3.8) is 0 Å². The Kier molecular flexibility index (Phi) is 5.97. The van der Waals surface area contributed by atoms with E-state index in [1.807, 2.05) is 12.3 Å². The first-order valence-corrected chi connectivity index (χ1v) is 13.3. The molecule has 3 heteroatoms. The quantitative estimate of drug-likeness (QED) is 0.231. The maximum absolute atomic E-state index is 8.00. The predicted molar refractivity (Wildman–Crippen MR) is 156 cm³/mol. The van der Waals surface area contributed by atoms with Crippen LogP contribution in [0.15, 0.2) is 72.9 Å². The van der Waals surface area contributed by atoms with Crippen LogP contribution in [0.1, 0.15) is 52.7 Å². The molecule has 0 amide bonds. The predicted octanol–water partition coefficient (Wildman–Crippen LogP) is 10.2. The van der Waals surface area contributed by atoms with E-state index in [-0.39, 0.29) is 10.8 Å². The molecule has 0 spiro atoms. The molecule has 2 aromatic heterocycles. The number of thiophene rings is 1. The fourth-order valence-electron chi connectivity index (χ4n) is 4.98. The lowest BCUT2D eigenvalue weighted by Gasteiger charge is -2.22. The third kappa shape index (κ3) is 4.54. The van der Waals surface area contributed by atoms with Crippen molar-refractivity contribution < 1.29 is 0 Å². The van der Waals surface area contributed by atoms with Crippen LogP contribution < -0.4 is 0 Å². The van der Waals surface area contributed by atoms with E-state index in [9.17, 15) is 0 Å². The number of pyridine rings is 1. The van der Waals surface area contributed by atoms with Crippen molar-refractivity contribution in [2.75, 3.05) is 0 Å². The summed E-state index contributed by atoms with van der Waals surface area (Å²) in [7, 11) is 0. The van der Waals surface area contributed by atoms with Crippen LogP contribution in [0.25, 0.3) is 47.4 Å². The molecule has 0 radical (unpaired) electrons. The number of hydrogen-bond donors (Lipinski definition) is 0. The van der Waals surface area contributed by atoms with Gasteiger partial charge in [0.15, 0.2) is 0 Å². The molecule has 0 saturated carbocycles. The van der Waals surface area contributed by atoms with Crippen LogP contribution in [0, 0.1) is 12.0 Å². The Labute approximate surface area is 218 Å². The molecule has 36 heavy (non-hydrogen) atoms. The summed E-state index contributed by atoms with van der Waals surface area (Å²) < 4.78 is 1.08. The average molecular weight is 489 g/mol. The molecule has 0 aliphatic heterocycles. The second kappa shape index (κ2) is 8.87. The second-order valence-corrected chi connectivity index (χ2v) is 12.9. The number of nitrogens with zero attached hydrogens (tertiary/aromatic N) is 2. The van der Waals surface area contributed by atoms with Gasteiger partial charge in [0.25, 0.3) is 0 Å². The Bertz CT molecular complexity index is 1620. The van der Waals surface area contributed by atoms with E-state index in [4.69, 9.17) is 11.6 Å². The summed E-state index contributed by atoms with van der Waals surface area (Å²) in [5.41, 5.74) is 6.76. The van der Waals surface area contributed by atoms with Crippen molar-refractivity contribution in [1.29, 1.82) is 0 Å². The Hall–Kier alpha value is -3.48. The van der Waals surface area contributed by atoms with Gasteiger partial charge in [-0.2, -0.15) is 0 Å². The third-order valence-corrected chi connectivity index (χ3v) is 7.84. The van der Waals surface area contributed by atoms with Gasteiger partial charge in [0, 0.05) is 26.7 Å². The summed E-state index contributed by atoms with van der Waals surface area (Å²) in [5.74, 6) is 0. The highest BCUT2D eigenvalue weighted by Gasteiger charge is 2.22. The van der Waals surface area contributed by atoms with Crippen LogP contribution in [0.2, 0.25) is 0 Å². The smallest absolute Gasteiger partial charge is 0.213 e. The maximum Gasteiger partial charge on any atom is 0.213 e. The molecule has 180 valence electrons. The minimum Gasteiger partial charge on any atom is -0.255 e. The summed E-state index contributed by atoms with van der Waals surface area (Å²) >= 11 is 1.68. The maximum atomic E-state index is 8.00. The minimum absolute atomic E-state index is 0.000588.